The van der Waals surface area contributed by atoms with Crippen LogP contribution in [0.2, 0.25) is 0 Å². The van der Waals surface area contributed by atoms with Gasteiger partial charge in [0.2, 0.25) is 5.91 Å². The largest absolute Gasteiger partial charge is 0.510 e. The first-order valence-corrected chi connectivity index (χ1v) is 10.4. The number of carbonyl (C=O) groups excluding carboxylic acids is 2. The van der Waals surface area contributed by atoms with Crippen LogP contribution < -0.4 is 5.32 Å². The molecule has 2 saturated heterocycles. The van der Waals surface area contributed by atoms with Crippen LogP contribution in [0.5, 0.6) is 0 Å². The van der Waals surface area contributed by atoms with E-state index < -0.39 is 23.8 Å². The number of allylic oxidation sites excluding steroid dienone is 2. The maximum absolute atomic E-state index is 13.9. The van der Waals surface area contributed by atoms with Crippen molar-refractivity contribution in [3.63, 3.8) is 0 Å². The molecule has 7 nitrogen and oxygen atoms in total. The van der Waals surface area contributed by atoms with Crippen LogP contribution >= 0.6 is 0 Å². The van der Waals surface area contributed by atoms with Crippen molar-refractivity contribution in [3.05, 3.63) is 58.1 Å². The molecule has 2 amide bonds. The Morgan fingerprint density at radius 3 is 2.77 bits per heavy atom. The second-order valence-electron chi connectivity index (χ2n) is 7.73. The zero-order valence-electron chi connectivity index (χ0n) is 17.5. The summed E-state index contributed by atoms with van der Waals surface area (Å²) < 4.78 is 32.8. The van der Waals surface area contributed by atoms with Crippen LogP contribution in [-0.2, 0) is 20.9 Å². The van der Waals surface area contributed by atoms with Gasteiger partial charge in [0.25, 0.3) is 5.91 Å². The first-order chi connectivity index (χ1) is 14.9. The number of ether oxygens (including phenoxy) is 1. The van der Waals surface area contributed by atoms with Crippen molar-refractivity contribution >= 4 is 11.8 Å². The minimum atomic E-state index is -0.742. The van der Waals surface area contributed by atoms with Crippen LogP contribution in [0.25, 0.3) is 0 Å². The lowest BCUT2D eigenvalue weighted by Crippen LogP contribution is -2.60. The highest BCUT2D eigenvalue weighted by atomic mass is 19.1. The SMILES string of the molecule is CCO[C@H]1[C@H]2CCC3=C(C(=O)NCc4ccc(F)cc4F)CC(O)=C(C(=O)N1CC)N32. The number of likely N-dealkylation sites (N-methyl/N-ethyl adjacent to an activating group) is 1. The summed E-state index contributed by atoms with van der Waals surface area (Å²) in [6, 6.07) is 2.98. The van der Waals surface area contributed by atoms with Crippen LogP contribution in [0.15, 0.2) is 40.9 Å². The van der Waals surface area contributed by atoms with Gasteiger partial charge in [-0.2, -0.15) is 0 Å². The highest BCUT2D eigenvalue weighted by molar-refractivity contribution is 5.99. The molecule has 0 spiro atoms. The summed E-state index contributed by atoms with van der Waals surface area (Å²) in [6.07, 6.45) is 0.689. The fourth-order valence-electron chi connectivity index (χ4n) is 4.63. The molecule has 0 unspecified atom stereocenters. The lowest BCUT2D eigenvalue weighted by atomic mass is 9.98. The summed E-state index contributed by atoms with van der Waals surface area (Å²) in [6.45, 7) is 4.47. The van der Waals surface area contributed by atoms with E-state index in [1.54, 1.807) is 9.80 Å². The first-order valence-electron chi connectivity index (χ1n) is 10.4. The number of nitrogens with one attached hydrogen (secondary N) is 1. The molecule has 166 valence electrons. The number of aliphatic hydroxyl groups excluding tert-OH is 1. The molecule has 1 aromatic carbocycles. The zero-order valence-corrected chi connectivity index (χ0v) is 17.5. The van der Waals surface area contributed by atoms with Gasteiger partial charge in [-0.1, -0.05) is 6.07 Å². The molecule has 9 heteroatoms. The summed E-state index contributed by atoms with van der Waals surface area (Å²) in [5.74, 6) is -2.37. The summed E-state index contributed by atoms with van der Waals surface area (Å²) in [4.78, 5) is 29.3. The van der Waals surface area contributed by atoms with Crippen molar-refractivity contribution in [2.24, 2.45) is 0 Å². The van der Waals surface area contributed by atoms with Crippen molar-refractivity contribution in [1.29, 1.82) is 0 Å². The fourth-order valence-corrected chi connectivity index (χ4v) is 4.63. The topological polar surface area (TPSA) is 82.1 Å². The fraction of sp³-hybridized carbons (Fsp3) is 0.455. The zero-order chi connectivity index (χ0) is 22.3. The molecule has 31 heavy (non-hydrogen) atoms. The number of aliphatic hydroxyl groups is 1. The van der Waals surface area contributed by atoms with E-state index in [4.69, 9.17) is 4.74 Å². The molecule has 0 aliphatic carbocycles. The number of piperazine rings is 1. The Labute approximate surface area is 179 Å². The van der Waals surface area contributed by atoms with Gasteiger partial charge in [-0.05, 0) is 32.8 Å². The highest BCUT2D eigenvalue weighted by Gasteiger charge is 2.51. The third kappa shape index (κ3) is 3.56. The Balaban J connectivity index is 1.61. The lowest BCUT2D eigenvalue weighted by molar-refractivity contribution is -0.158. The van der Waals surface area contributed by atoms with Crippen LogP contribution in [0.4, 0.5) is 8.78 Å². The molecule has 0 radical (unpaired) electrons. The molecule has 2 fully saturated rings. The Morgan fingerprint density at radius 2 is 2.10 bits per heavy atom. The number of rotatable bonds is 6. The number of amides is 2. The molecule has 2 atom stereocenters. The normalized spacial score (nSPS) is 22.9. The molecule has 0 bridgehead atoms. The molecule has 3 aliphatic heterocycles. The second-order valence-corrected chi connectivity index (χ2v) is 7.73. The van der Waals surface area contributed by atoms with E-state index in [2.05, 4.69) is 5.32 Å². The van der Waals surface area contributed by atoms with Gasteiger partial charge in [-0.3, -0.25) is 9.59 Å². The first kappa shape index (κ1) is 21.3. The molecule has 4 rings (SSSR count). The molecule has 3 aliphatic rings. The smallest absolute Gasteiger partial charge is 0.276 e. The third-order valence-corrected chi connectivity index (χ3v) is 6.01. The molecule has 1 aromatic rings. The Hall–Kier alpha value is -2.94. The van der Waals surface area contributed by atoms with E-state index in [-0.39, 0.29) is 41.9 Å². The average molecular weight is 433 g/mol. The maximum atomic E-state index is 13.9. The Bertz CT molecular complexity index is 991. The van der Waals surface area contributed by atoms with Gasteiger partial charge < -0.3 is 25.0 Å². The number of hydrogen-bond acceptors (Lipinski definition) is 5. The van der Waals surface area contributed by atoms with Gasteiger partial charge in [0.15, 0.2) is 6.23 Å². The lowest BCUT2D eigenvalue weighted by Gasteiger charge is -2.47. The van der Waals surface area contributed by atoms with Gasteiger partial charge in [0.1, 0.15) is 23.1 Å². The van der Waals surface area contributed by atoms with Crippen LogP contribution in [0.3, 0.4) is 0 Å². The molecule has 0 aromatic heterocycles. The second kappa shape index (κ2) is 8.30. The third-order valence-electron chi connectivity index (χ3n) is 6.01. The standard InChI is InChI=1S/C22H25F2N3O4/c1-3-26-21(30)19-18(28)10-14(16-7-8-17(27(16)19)22(26)31-4-2)20(29)25-11-12-5-6-13(23)9-15(12)24/h5-6,9,17,22,28H,3-4,7-8,10-11H2,1-2H3,(H,25,29)/t17-,22+/m1/s1. The van der Waals surface area contributed by atoms with Gasteiger partial charge in [-0.25, -0.2) is 8.78 Å². The molecule has 2 N–H and O–H groups in total. The van der Waals surface area contributed by atoms with Crippen LogP contribution in [0.1, 0.15) is 38.7 Å². The van der Waals surface area contributed by atoms with Crippen molar-refractivity contribution < 1.29 is 28.2 Å². The van der Waals surface area contributed by atoms with E-state index >= 15 is 0 Å². The van der Waals surface area contributed by atoms with E-state index in [1.807, 2.05) is 13.8 Å². The number of halogens is 2. The summed E-state index contributed by atoms with van der Waals surface area (Å²) in [5, 5.41) is 13.3. The predicted octanol–water partition coefficient (Wildman–Crippen LogP) is 2.70. The number of nitrogens with zero attached hydrogens (tertiary/aromatic N) is 2. The van der Waals surface area contributed by atoms with Crippen molar-refractivity contribution in [2.75, 3.05) is 13.2 Å². The molecule has 0 saturated carbocycles. The van der Waals surface area contributed by atoms with E-state index in [0.717, 1.165) is 12.1 Å². The minimum Gasteiger partial charge on any atom is -0.510 e. The molecular weight excluding hydrogens is 408 g/mol. The minimum absolute atomic E-state index is 0.0752. The van der Waals surface area contributed by atoms with Gasteiger partial charge in [-0.15, -0.1) is 0 Å². The summed E-state index contributed by atoms with van der Waals surface area (Å²) in [7, 11) is 0. The Kier molecular flexibility index (Phi) is 5.70. The number of carbonyl (C=O) groups is 2. The summed E-state index contributed by atoms with van der Waals surface area (Å²) in [5.41, 5.74) is 1.39. The molecular formula is C22H25F2N3O4. The van der Waals surface area contributed by atoms with Gasteiger partial charge in [0, 0.05) is 49.0 Å². The molecule has 3 heterocycles. The van der Waals surface area contributed by atoms with Gasteiger partial charge >= 0.3 is 0 Å². The van der Waals surface area contributed by atoms with E-state index in [0.29, 0.717) is 37.3 Å². The Morgan fingerprint density at radius 1 is 1.32 bits per heavy atom. The summed E-state index contributed by atoms with van der Waals surface area (Å²) >= 11 is 0. The van der Waals surface area contributed by atoms with Crippen LogP contribution in [-0.4, -0.2) is 52.1 Å². The van der Waals surface area contributed by atoms with E-state index in [1.165, 1.54) is 6.07 Å². The average Bonchev–Trinajstić information content (AvgIpc) is 3.16. The van der Waals surface area contributed by atoms with Crippen molar-refractivity contribution in [3.8, 4) is 0 Å². The van der Waals surface area contributed by atoms with Crippen molar-refractivity contribution in [1.82, 2.24) is 15.1 Å². The monoisotopic (exact) mass is 433 g/mol. The van der Waals surface area contributed by atoms with Crippen molar-refractivity contribution in [2.45, 2.75) is 51.9 Å². The quantitative estimate of drug-likeness (QED) is 0.721. The number of benzene rings is 1. The van der Waals surface area contributed by atoms with E-state index in [9.17, 15) is 23.5 Å². The number of hydrogen-bond donors (Lipinski definition) is 2. The van der Waals surface area contributed by atoms with Gasteiger partial charge in [0.05, 0.1) is 6.04 Å². The highest BCUT2D eigenvalue weighted by Crippen LogP contribution is 2.45. The van der Waals surface area contributed by atoms with Crippen LogP contribution in [0, 0.1) is 11.6 Å². The predicted molar refractivity (Wildman–Crippen MR) is 107 cm³/mol. The maximum Gasteiger partial charge on any atom is 0.276 e.